The molecule has 1 heterocycles. The van der Waals surface area contributed by atoms with Crippen LogP contribution in [0.3, 0.4) is 0 Å². The van der Waals surface area contributed by atoms with E-state index in [-0.39, 0.29) is 18.9 Å². The molecule has 0 bridgehead atoms. The van der Waals surface area contributed by atoms with Gasteiger partial charge in [-0.3, -0.25) is 9.59 Å². The van der Waals surface area contributed by atoms with Crippen LogP contribution in [-0.2, 0) is 9.53 Å². The van der Waals surface area contributed by atoms with Crippen molar-refractivity contribution in [3.8, 4) is 5.69 Å². The van der Waals surface area contributed by atoms with E-state index in [1.807, 2.05) is 49.6 Å². The summed E-state index contributed by atoms with van der Waals surface area (Å²) in [6.07, 6.45) is -0.219. The zero-order valence-corrected chi connectivity index (χ0v) is 15.9. The second-order valence-electron chi connectivity index (χ2n) is 6.98. The minimum Gasteiger partial charge on any atom is -0.481 e. The fourth-order valence-corrected chi connectivity index (χ4v) is 3.28. The molecule has 1 aromatic carbocycles. The van der Waals surface area contributed by atoms with E-state index in [9.17, 15) is 9.59 Å². The van der Waals surface area contributed by atoms with E-state index < -0.39 is 11.5 Å². The van der Waals surface area contributed by atoms with Crippen LogP contribution in [0.4, 0.5) is 0 Å². The lowest BCUT2D eigenvalue weighted by Gasteiger charge is -2.28. The van der Waals surface area contributed by atoms with Crippen LogP contribution in [0.25, 0.3) is 5.69 Å². The van der Waals surface area contributed by atoms with Crippen LogP contribution >= 0.6 is 0 Å². The van der Waals surface area contributed by atoms with Crippen LogP contribution in [0, 0.1) is 20.8 Å². The molecule has 6 nitrogen and oxygen atoms in total. The number of aryl methyl sites for hydroxylation is 2. The first kappa shape index (κ1) is 19.7. The van der Waals surface area contributed by atoms with E-state index >= 15 is 0 Å². The van der Waals surface area contributed by atoms with Gasteiger partial charge in [0.2, 0.25) is 0 Å². The predicted octanol–water partition coefficient (Wildman–Crippen LogP) is 3.01. The Labute approximate surface area is 153 Å². The van der Waals surface area contributed by atoms with Crippen molar-refractivity contribution in [1.82, 2.24) is 9.88 Å². The number of amides is 1. The number of carbonyl (C=O) groups excluding carboxylic acids is 1. The molecule has 2 aromatic rings. The molecule has 1 unspecified atom stereocenters. The summed E-state index contributed by atoms with van der Waals surface area (Å²) in [6.45, 7) is 7.63. The number of hydrogen-bond donors (Lipinski definition) is 2. The highest BCUT2D eigenvalue weighted by atomic mass is 16.5. The molecule has 0 aliphatic carbocycles. The number of nitrogens with one attached hydrogen (secondary N) is 1. The number of ether oxygens (including phenoxy) is 1. The molecular weight excluding hydrogens is 332 g/mol. The van der Waals surface area contributed by atoms with Gasteiger partial charge in [-0.1, -0.05) is 12.1 Å². The van der Waals surface area contributed by atoms with E-state index in [1.165, 1.54) is 7.11 Å². The molecule has 140 valence electrons. The summed E-state index contributed by atoms with van der Waals surface area (Å²) in [7, 11) is 1.48. The number of carboxylic acids is 1. The number of benzene rings is 1. The number of methoxy groups -OCH3 is 1. The molecule has 2 N–H and O–H groups in total. The highest BCUT2D eigenvalue weighted by molar-refractivity contribution is 5.96. The van der Waals surface area contributed by atoms with Crippen LogP contribution in [0.1, 0.15) is 40.7 Å². The summed E-state index contributed by atoms with van der Waals surface area (Å²) in [5, 5.41) is 12.0. The lowest BCUT2D eigenvalue weighted by atomic mass is 9.98. The fraction of sp³-hybridized carbons (Fsp3) is 0.400. The predicted molar refractivity (Wildman–Crippen MR) is 100.0 cm³/mol. The van der Waals surface area contributed by atoms with E-state index in [4.69, 9.17) is 9.84 Å². The van der Waals surface area contributed by atoms with Crippen LogP contribution in [0.15, 0.2) is 30.3 Å². The first-order valence-corrected chi connectivity index (χ1v) is 8.46. The molecule has 2 rings (SSSR count). The first-order chi connectivity index (χ1) is 12.2. The van der Waals surface area contributed by atoms with Gasteiger partial charge in [0.1, 0.15) is 0 Å². The van der Waals surface area contributed by atoms with Gasteiger partial charge in [0.25, 0.3) is 5.91 Å². The lowest BCUT2D eigenvalue weighted by Crippen LogP contribution is -2.50. The van der Waals surface area contributed by atoms with Gasteiger partial charge >= 0.3 is 5.97 Å². The number of carboxylic acid groups (broad SMARTS) is 1. The Morgan fingerprint density at radius 2 is 1.92 bits per heavy atom. The molecule has 26 heavy (non-hydrogen) atoms. The molecule has 1 aromatic heterocycles. The Bertz CT molecular complexity index is 825. The fourth-order valence-electron chi connectivity index (χ4n) is 3.28. The summed E-state index contributed by atoms with van der Waals surface area (Å²) < 4.78 is 7.12. The average molecular weight is 358 g/mol. The van der Waals surface area contributed by atoms with E-state index in [0.717, 1.165) is 22.6 Å². The monoisotopic (exact) mass is 358 g/mol. The molecule has 0 saturated heterocycles. The molecule has 0 radical (unpaired) electrons. The number of nitrogens with zero attached hydrogens (tertiary/aromatic N) is 1. The topological polar surface area (TPSA) is 80.6 Å². The molecular formula is C20H26N2O4. The molecule has 1 amide bonds. The van der Waals surface area contributed by atoms with Crippen LogP contribution in [-0.4, -0.2) is 40.8 Å². The van der Waals surface area contributed by atoms with E-state index in [2.05, 4.69) is 11.4 Å². The summed E-state index contributed by atoms with van der Waals surface area (Å²) in [6, 6.07) is 9.87. The third-order valence-electron chi connectivity index (χ3n) is 4.36. The summed E-state index contributed by atoms with van der Waals surface area (Å²) in [4.78, 5) is 24.0. The Morgan fingerprint density at radius 3 is 2.50 bits per heavy atom. The van der Waals surface area contributed by atoms with Crippen molar-refractivity contribution in [2.24, 2.45) is 0 Å². The Balaban J connectivity index is 2.35. The number of aliphatic carboxylic acids is 1. The van der Waals surface area contributed by atoms with Gasteiger partial charge in [0, 0.05) is 24.2 Å². The zero-order chi connectivity index (χ0) is 19.5. The number of hydrogen-bond acceptors (Lipinski definition) is 3. The Morgan fingerprint density at radius 1 is 1.23 bits per heavy atom. The molecule has 0 aliphatic heterocycles. The average Bonchev–Trinajstić information content (AvgIpc) is 2.81. The normalized spacial score (nSPS) is 13.3. The number of rotatable bonds is 7. The maximum Gasteiger partial charge on any atom is 0.305 e. The minimum atomic E-state index is -0.991. The molecule has 0 fully saturated rings. The highest BCUT2D eigenvalue weighted by Crippen LogP contribution is 2.22. The second kappa shape index (κ2) is 7.74. The van der Waals surface area contributed by atoms with Crippen molar-refractivity contribution >= 4 is 11.9 Å². The van der Waals surface area contributed by atoms with Crippen molar-refractivity contribution in [3.63, 3.8) is 0 Å². The van der Waals surface area contributed by atoms with Gasteiger partial charge in [-0.25, -0.2) is 0 Å². The summed E-state index contributed by atoms with van der Waals surface area (Å²) >= 11 is 0. The van der Waals surface area contributed by atoms with Crippen LogP contribution in [0.5, 0.6) is 0 Å². The van der Waals surface area contributed by atoms with E-state index in [0.29, 0.717) is 5.56 Å². The number of aromatic nitrogens is 1. The molecule has 0 aliphatic rings. The quantitative estimate of drug-likeness (QED) is 0.797. The van der Waals surface area contributed by atoms with Crippen molar-refractivity contribution in [2.75, 3.05) is 13.7 Å². The van der Waals surface area contributed by atoms with Crippen molar-refractivity contribution in [2.45, 2.75) is 39.7 Å². The molecule has 0 spiro atoms. The number of carbonyl (C=O) groups is 2. The molecule has 1 atom stereocenters. The van der Waals surface area contributed by atoms with Gasteiger partial charge in [-0.2, -0.15) is 0 Å². The Kier molecular flexibility index (Phi) is 5.87. The maximum absolute atomic E-state index is 12.8. The van der Waals surface area contributed by atoms with Gasteiger partial charge in [-0.05, 0) is 51.5 Å². The SMILES string of the molecule is COCC(C)(CC(=O)O)NC(=O)c1cc(C)n(-c2cccc(C)c2)c1C. The molecule has 6 heteroatoms. The third kappa shape index (κ3) is 4.32. The zero-order valence-electron chi connectivity index (χ0n) is 15.9. The van der Waals surface area contributed by atoms with Gasteiger partial charge in [-0.15, -0.1) is 0 Å². The Hall–Kier alpha value is -2.60. The second-order valence-corrected chi connectivity index (χ2v) is 6.98. The third-order valence-corrected chi connectivity index (χ3v) is 4.36. The van der Waals surface area contributed by atoms with Crippen LogP contribution in [0.2, 0.25) is 0 Å². The van der Waals surface area contributed by atoms with Crippen molar-refractivity contribution in [1.29, 1.82) is 0 Å². The maximum atomic E-state index is 12.8. The van der Waals surface area contributed by atoms with Crippen LogP contribution < -0.4 is 5.32 Å². The van der Waals surface area contributed by atoms with Gasteiger partial charge < -0.3 is 19.7 Å². The van der Waals surface area contributed by atoms with Gasteiger partial charge in [0.15, 0.2) is 0 Å². The van der Waals surface area contributed by atoms with Crippen molar-refractivity contribution in [3.05, 3.63) is 52.8 Å². The smallest absolute Gasteiger partial charge is 0.305 e. The minimum absolute atomic E-state index is 0.113. The first-order valence-electron chi connectivity index (χ1n) is 8.46. The van der Waals surface area contributed by atoms with Crippen molar-refractivity contribution < 1.29 is 19.4 Å². The largest absolute Gasteiger partial charge is 0.481 e. The standard InChI is InChI=1S/C20H26N2O4/c1-13-7-6-8-16(9-13)22-14(2)10-17(15(22)3)19(25)21-20(4,12-26-5)11-18(23)24/h6-10H,11-12H2,1-5H3,(H,21,25)(H,23,24). The highest BCUT2D eigenvalue weighted by Gasteiger charge is 2.31. The summed E-state index contributed by atoms with van der Waals surface area (Å²) in [5.41, 5.74) is 3.41. The summed E-state index contributed by atoms with van der Waals surface area (Å²) in [5.74, 6) is -1.30. The molecule has 0 saturated carbocycles. The lowest BCUT2D eigenvalue weighted by molar-refractivity contribution is -0.139. The van der Waals surface area contributed by atoms with Gasteiger partial charge in [0.05, 0.1) is 24.1 Å². The van der Waals surface area contributed by atoms with E-state index in [1.54, 1.807) is 6.92 Å².